The van der Waals surface area contributed by atoms with Crippen molar-refractivity contribution in [2.75, 3.05) is 13.7 Å². The highest BCUT2D eigenvalue weighted by molar-refractivity contribution is 5.29. The zero-order valence-corrected chi connectivity index (χ0v) is 8.29. The van der Waals surface area contributed by atoms with E-state index >= 15 is 0 Å². The molecule has 0 saturated heterocycles. The summed E-state index contributed by atoms with van der Waals surface area (Å²) in [5.41, 5.74) is 0.457. The molecule has 0 aromatic carbocycles. The van der Waals surface area contributed by atoms with E-state index in [-0.39, 0.29) is 18.7 Å². The van der Waals surface area contributed by atoms with Gasteiger partial charge in [-0.05, 0) is 0 Å². The standard InChI is InChI=1S/C9H12N2O4/c1-15-6-9(12)5-7-4-8(11(13)14)2-3-10-7/h2-4,9,12H,5-6H2,1H3. The van der Waals surface area contributed by atoms with Crippen molar-refractivity contribution in [2.45, 2.75) is 12.5 Å². The second-order valence-corrected chi connectivity index (χ2v) is 3.08. The Bertz CT molecular complexity index is 343. The van der Waals surface area contributed by atoms with Gasteiger partial charge in [0.05, 0.1) is 17.6 Å². The van der Waals surface area contributed by atoms with Crippen LogP contribution >= 0.6 is 0 Å². The van der Waals surface area contributed by atoms with Crippen LogP contribution in [-0.2, 0) is 11.2 Å². The molecule has 1 aromatic rings. The molecule has 1 heterocycles. The van der Waals surface area contributed by atoms with Gasteiger partial charge in [-0.3, -0.25) is 15.1 Å². The number of hydrogen-bond acceptors (Lipinski definition) is 5. The molecule has 0 aliphatic rings. The maximum atomic E-state index is 10.5. The minimum Gasteiger partial charge on any atom is -0.390 e. The summed E-state index contributed by atoms with van der Waals surface area (Å²) >= 11 is 0. The Morgan fingerprint density at radius 1 is 1.73 bits per heavy atom. The molecule has 1 atom stereocenters. The highest BCUT2D eigenvalue weighted by atomic mass is 16.6. The van der Waals surface area contributed by atoms with E-state index in [0.29, 0.717) is 5.69 Å². The lowest BCUT2D eigenvalue weighted by atomic mass is 10.2. The lowest BCUT2D eigenvalue weighted by molar-refractivity contribution is -0.385. The van der Waals surface area contributed by atoms with Gasteiger partial charge < -0.3 is 9.84 Å². The summed E-state index contributed by atoms with van der Waals surface area (Å²) in [7, 11) is 1.48. The first-order valence-corrected chi connectivity index (χ1v) is 4.40. The van der Waals surface area contributed by atoms with Crippen molar-refractivity contribution in [2.24, 2.45) is 0 Å². The first kappa shape index (κ1) is 11.5. The number of rotatable bonds is 5. The fraction of sp³-hybridized carbons (Fsp3) is 0.444. The van der Waals surface area contributed by atoms with Crippen LogP contribution in [0.1, 0.15) is 5.69 Å². The molecule has 1 N–H and O–H groups in total. The normalized spacial score (nSPS) is 12.4. The topological polar surface area (TPSA) is 85.5 Å². The van der Waals surface area contributed by atoms with E-state index in [2.05, 4.69) is 4.98 Å². The third kappa shape index (κ3) is 3.61. The quantitative estimate of drug-likeness (QED) is 0.568. The van der Waals surface area contributed by atoms with Gasteiger partial charge in [0.25, 0.3) is 5.69 Å². The molecule has 0 fully saturated rings. The maximum Gasteiger partial charge on any atom is 0.272 e. The van der Waals surface area contributed by atoms with Crippen LogP contribution < -0.4 is 0 Å². The van der Waals surface area contributed by atoms with Gasteiger partial charge in [0.1, 0.15) is 0 Å². The van der Waals surface area contributed by atoms with E-state index in [9.17, 15) is 15.2 Å². The van der Waals surface area contributed by atoms with Crippen molar-refractivity contribution in [1.82, 2.24) is 4.98 Å². The van der Waals surface area contributed by atoms with Gasteiger partial charge in [-0.15, -0.1) is 0 Å². The number of aliphatic hydroxyl groups is 1. The predicted molar refractivity (Wildman–Crippen MR) is 52.5 cm³/mol. The van der Waals surface area contributed by atoms with Gasteiger partial charge >= 0.3 is 0 Å². The van der Waals surface area contributed by atoms with Crippen LogP contribution in [-0.4, -0.2) is 34.8 Å². The average Bonchev–Trinajstić information content (AvgIpc) is 2.18. The van der Waals surface area contributed by atoms with E-state index in [1.165, 1.54) is 25.4 Å². The second kappa shape index (κ2) is 5.38. The zero-order valence-electron chi connectivity index (χ0n) is 8.29. The van der Waals surface area contributed by atoms with Gasteiger partial charge in [0.2, 0.25) is 0 Å². The Morgan fingerprint density at radius 3 is 3.07 bits per heavy atom. The Labute approximate surface area is 86.7 Å². The fourth-order valence-corrected chi connectivity index (χ4v) is 1.18. The summed E-state index contributed by atoms with van der Waals surface area (Å²) in [6.45, 7) is 0.185. The van der Waals surface area contributed by atoms with Gasteiger partial charge in [-0.25, -0.2) is 0 Å². The molecular weight excluding hydrogens is 200 g/mol. The molecule has 0 amide bonds. The van der Waals surface area contributed by atoms with Crippen molar-refractivity contribution < 1.29 is 14.8 Å². The summed E-state index contributed by atoms with van der Waals surface area (Å²) in [6.07, 6.45) is 0.909. The zero-order chi connectivity index (χ0) is 11.3. The van der Waals surface area contributed by atoms with Crippen LogP contribution in [0.2, 0.25) is 0 Å². The van der Waals surface area contributed by atoms with Crippen LogP contribution in [0.25, 0.3) is 0 Å². The Balaban J connectivity index is 2.69. The van der Waals surface area contributed by atoms with Crippen LogP contribution in [0, 0.1) is 10.1 Å². The van der Waals surface area contributed by atoms with E-state index < -0.39 is 11.0 Å². The lowest BCUT2D eigenvalue weighted by Crippen LogP contribution is -2.17. The van der Waals surface area contributed by atoms with Crippen molar-refractivity contribution in [3.05, 3.63) is 34.1 Å². The molecule has 0 radical (unpaired) electrons. The molecule has 1 rings (SSSR count). The highest BCUT2D eigenvalue weighted by Crippen LogP contribution is 2.11. The van der Waals surface area contributed by atoms with E-state index in [4.69, 9.17) is 4.74 Å². The summed E-state index contributed by atoms with van der Waals surface area (Å²) in [5.74, 6) is 0. The van der Waals surface area contributed by atoms with Gasteiger partial charge in [-0.1, -0.05) is 0 Å². The highest BCUT2D eigenvalue weighted by Gasteiger charge is 2.10. The van der Waals surface area contributed by atoms with E-state index in [0.717, 1.165) is 0 Å². The van der Waals surface area contributed by atoms with Crippen molar-refractivity contribution >= 4 is 5.69 Å². The van der Waals surface area contributed by atoms with Gasteiger partial charge in [0.15, 0.2) is 0 Å². The van der Waals surface area contributed by atoms with Crippen LogP contribution in [0.5, 0.6) is 0 Å². The molecule has 1 unspecified atom stereocenters. The lowest BCUT2D eigenvalue weighted by Gasteiger charge is -2.07. The number of hydrogen-bond donors (Lipinski definition) is 1. The number of methoxy groups -OCH3 is 1. The molecular formula is C9H12N2O4. The molecule has 15 heavy (non-hydrogen) atoms. The van der Waals surface area contributed by atoms with Gasteiger partial charge in [-0.2, -0.15) is 0 Å². The molecule has 6 nitrogen and oxygen atoms in total. The van der Waals surface area contributed by atoms with Crippen molar-refractivity contribution in [3.63, 3.8) is 0 Å². The first-order valence-electron chi connectivity index (χ1n) is 4.40. The number of pyridine rings is 1. The monoisotopic (exact) mass is 212 g/mol. The fourth-order valence-electron chi connectivity index (χ4n) is 1.18. The van der Waals surface area contributed by atoms with Crippen LogP contribution in [0.3, 0.4) is 0 Å². The Kier molecular flexibility index (Phi) is 4.14. The Morgan fingerprint density at radius 2 is 2.47 bits per heavy atom. The minimum atomic E-state index is -0.690. The predicted octanol–water partition coefficient (Wildman–Crippen LogP) is 0.540. The first-order chi connectivity index (χ1) is 7.13. The molecule has 1 aromatic heterocycles. The summed E-state index contributed by atoms with van der Waals surface area (Å²) in [4.78, 5) is 13.9. The summed E-state index contributed by atoms with van der Waals surface area (Å²) in [5, 5.41) is 19.9. The third-order valence-electron chi connectivity index (χ3n) is 1.81. The maximum absolute atomic E-state index is 10.5. The van der Waals surface area contributed by atoms with Gasteiger partial charge in [0, 0.05) is 37.6 Å². The largest absolute Gasteiger partial charge is 0.390 e. The molecule has 82 valence electrons. The van der Waals surface area contributed by atoms with E-state index in [1.807, 2.05) is 0 Å². The van der Waals surface area contributed by atoms with Crippen LogP contribution in [0.4, 0.5) is 5.69 Å². The van der Waals surface area contributed by atoms with Crippen molar-refractivity contribution in [3.8, 4) is 0 Å². The minimum absolute atomic E-state index is 0.0235. The number of ether oxygens (including phenoxy) is 1. The number of nitro groups is 1. The summed E-state index contributed by atoms with van der Waals surface area (Å²) in [6, 6.07) is 2.66. The number of nitrogens with zero attached hydrogens (tertiary/aromatic N) is 2. The third-order valence-corrected chi connectivity index (χ3v) is 1.81. The molecule has 0 spiro atoms. The van der Waals surface area contributed by atoms with Crippen molar-refractivity contribution in [1.29, 1.82) is 0 Å². The van der Waals surface area contributed by atoms with E-state index in [1.54, 1.807) is 0 Å². The average molecular weight is 212 g/mol. The number of aromatic nitrogens is 1. The summed E-state index contributed by atoms with van der Waals surface area (Å²) < 4.78 is 4.74. The molecule has 6 heteroatoms. The smallest absolute Gasteiger partial charge is 0.272 e. The Hall–Kier alpha value is -1.53. The molecule has 0 saturated carbocycles. The molecule has 0 aliphatic carbocycles. The number of aliphatic hydroxyl groups excluding tert-OH is 1. The van der Waals surface area contributed by atoms with Crippen LogP contribution in [0.15, 0.2) is 18.3 Å². The SMILES string of the molecule is COCC(O)Cc1cc([N+](=O)[O-])ccn1. The second-order valence-electron chi connectivity index (χ2n) is 3.08. The molecule has 0 aliphatic heterocycles. The molecule has 0 bridgehead atoms.